The molecule has 0 aliphatic carbocycles. The maximum absolute atomic E-state index is 12.2. The number of carbonyl (C=O) groups excluding carboxylic acids is 2. The molecule has 0 heterocycles. The molecule has 0 spiro atoms. The Labute approximate surface area is 180 Å². The summed E-state index contributed by atoms with van der Waals surface area (Å²) in [7, 11) is -0.915. The summed E-state index contributed by atoms with van der Waals surface area (Å²) in [5.74, 6) is -0.843. The van der Waals surface area contributed by atoms with E-state index >= 15 is 0 Å². The number of carbonyl (C=O) groups is 2. The quantitative estimate of drug-likeness (QED) is 0.615. The molecule has 0 atom stereocenters. The van der Waals surface area contributed by atoms with E-state index in [0.717, 1.165) is 15.4 Å². The van der Waals surface area contributed by atoms with E-state index in [1.165, 1.54) is 32.3 Å². The van der Waals surface area contributed by atoms with Crippen LogP contribution in [0, 0.1) is 13.8 Å². The van der Waals surface area contributed by atoms with Gasteiger partial charge in [0.25, 0.3) is 5.91 Å². The van der Waals surface area contributed by atoms with Crippen molar-refractivity contribution in [1.29, 1.82) is 0 Å². The molecule has 0 radical (unpaired) electrons. The minimum Gasteiger partial charge on any atom is -0.482 e. The van der Waals surface area contributed by atoms with Gasteiger partial charge in [0.05, 0.1) is 15.6 Å². The third kappa shape index (κ3) is 6.19. The number of anilines is 1. The van der Waals surface area contributed by atoms with Gasteiger partial charge < -0.3 is 14.8 Å². The normalized spacial score (nSPS) is 11.3. The molecule has 2 aromatic rings. The van der Waals surface area contributed by atoms with Crippen LogP contribution in [0.25, 0.3) is 0 Å². The predicted octanol–water partition coefficient (Wildman–Crippen LogP) is 2.77. The summed E-state index contributed by atoms with van der Waals surface area (Å²) >= 11 is 6.03. The zero-order chi connectivity index (χ0) is 22.5. The number of ether oxygens (including phenoxy) is 2. The molecule has 0 fully saturated rings. The van der Waals surface area contributed by atoms with Gasteiger partial charge in [-0.15, -0.1) is 0 Å². The lowest BCUT2D eigenvalue weighted by Gasteiger charge is -2.14. The highest BCUT2D eigenvalue weighted by Gasteiger charge is 2.19. The number of halogens is 1. The van der Waals surface area contributed by atoms with Gasteiger partial charge in [-0.1, -0.05) is 29.3 Å². The summed E-state index contributed by atoms with van der Waals surface area (Å²) in [4.78, 5) is 23.9. The zero-order valence-corrected chi connectivity index (χ0v) is 18.6. The molecule has 1 amide bonds. The van der Waals surface area contributed by atoms with E-state index in [1.54, 1.807) is 6.07 Å². The number of esters is 1. The first-order valence-electron chi connectivity index (χ1n) is 8.88. The first-order valence-corrected chi connectivity index (χ1v) is 10.7. The molecule has 162 valence electrons. The molecule has 2 rings (SSSR count). The molecule has 10 heteroatoms. The second-order valence-corrected chi connectivity index (χ2v) is 9.25. The zero-order valence-electron chi connectivity index (χ0n) is 17.1. The highest BCUT2D eigenvalue weighted by molar-refractivity contribution is 7.89. The molecule has 0 bridgehead atoms. The SMILES string of the molecule is Cc1ccc(OCC(=O)OCC(=O)Nc2cc(S(=O)(=O)N(C)C)ccc2Cl)c(C)c1. The Morgan fingerprint density at radius 2 is 1.77 bits per heavy atom. The maximum atomic E-state index is 12.2. The fourth-order valence-corrected chi connectivity index (χ4v) is 3.54. The fourth-order valence-electron chi connectivity index (χ4n) is 2.44. The minimum absolute atomic E-state index is 0.0361. The number of nitrogens with zero attached hydrogens (tertiary/aromatic N) is 1. The van der Waals surface area contributed by atoms with E-state index in [9.17, 15) is 18.0 Å². The van der Waals surface area contributed by atoms with E-state index < -0.39 is 28.5 Å². The van der Waals surface area contributed by atoms with Crippen LogP contribution < -0.4 is 10.1 Å². The molecule has 1 N–H and O–H groups in total. The summed E-state index contributed by atoms with van der Waals surface area (Å²) in [6, 6.07) is 9.45. The topological polar surface area (TPSA) is 102 Å². The van der Waals surface area contributed by atoms with Gasteiger partial charge in [-0.25, -0.2) is 17.5 Å². The van der Waals surface area contributed by atoms with Crippen LogP contribution in [0.4, 0.5) is 5.69 Å². The summed E-state index contributed by atoms with van der Waals surface area (Å²) < 4.78 is 35.8. The number of hydrogen-bond donors (Lipinski definition) is 1. The Bertz CT molecular complexity index is 1050. The largest absolute Gasteiger partial charge is 0.482 e. The van der Waals surface area contributed by atoms with Crippen molar-refractivity contribution in [2.75, 3.05) is 32.6 Å². The second-order valence-electron chi connectivity index (χ2n) is 6.70. The number of hydrogen-bond acceptors (Lipinski definition) is 6. The number of nitrogens with one attached hydrogen (secondary N) is 1. The van der Waals surface area contributed by atoms with Crippen molar-refractivity contribution in [3.05, 3.63) is 52.5 Å². The minimum atomic E-state index is -3.70. The van der Waals surface area contributed by atoms with Crippen LogP contribution in [0.3, 0.4) is 0 Å². The summed E-state index contributed by atoms with van der Waals surface area (Å²) in [5.41, 5.74) is 2.04. The van der Waals surface area contributed by atoms with Gasteiger partial charge in [0.15, 0.2) is 13.2 Å². The van der Waals surface area contributed by atoms with E-state index in [4.69, 9.17) is 21.1 Å². The van der Waals surface area contributed by atoms with Gasteiger partial charge in [0, 0.05) is 14.1 Å². The third-order valence-corrected chi connectivity index (χ3v) is 6.17. The Morgan fingerprint density at radius 1 is 1.07 bits per heavy atom. The van der Waals surface area contributed by atoms with Crippen molar-refractivity contribution in [2.24, 2.45) is 0 Å². The summed E-state index contributed by atoms with van der Waals surface area (Å²) in [5, 5.41) is 2.58. The number of benzene rings is 2. The van der Waals surface area contributed by atoms with Crippen LogP contribution in [-0.2, 0) is 24.3 Å². The van der Waals surface area contributed by atoms with Crippen LogP contribution in [0.2, 0.25) is 5.02 Å². The van der Waals surface area contributed by atoms with Gasteiger partial charge in [0.2, 0.25) is 10.0 Å². The molecular formula is C20H23ClN2O6S. The van der Waals surface area contributed by atoms with Crippen LogP contribution >= 0.6 is 11.6 Å². The molecule has 0 saturated heterocycles. The van der Waals surface area contributed by atoms with Crippen LogP contribution in [0.15, 0.2) is 41.3 Å². The lowest BCUT2D eigenvalue weighted by atomic mass is 10.1. The predicted molar refractivity (Wildman–Crippen MR) is 113 cm³/mol. The van der Waals surface area contributed by atoms with Crippen molar-refractivity contribution >= 4 is 39.2 Å². The lowest BCUT2D eigenvalue weighted by Crippen LogP contribution is -2.24. The van der Waals surface area contributed by atoms with Gasteiger partial charge in [0.1, 0.15) is 5.75 Å². The van der Waals surface area contributed by atoms with Crippen LogP contribution in [0.1, 0.15) is 11.1 Å². The molecule has 0 aliphatic heterocycles. The molecule has 8 nitrogen and oxygen atoms in total. The Hall–Kier alpha value is -2.62. The second kappa shape index (κ2) is 9.92. The van der Waals surface area contributed by atoms with Gasteiger partial charge in [-0.2, -0.15) is 0 Å². The highest BCUT2D eigenvalue weighted by atomic mass is 35.5. The van der Waals surface area contributed by atoms with E-state index in [2.05, 4.69) is 5.32 Å². The third-order valence-electron chi connectivity index (χ3n) is 4.03. The Kier molecular flexibility index (Phi) is 7.83. The molecule has 30 heavy (non-hydrogen) atoms. The molecule has 0 aliphatic rings. The average Bonchev–Trinajstić information content (AvgIpc) is 2.67. The van der Waals surface area contributed by atoms with E-state index in [0.29, 0.717) is 5.75 Å². The van der Waals surface area contributed by atoms with Crippen LogP contribution in [-0.4, -0.2) is 51.9 Å². The van der Waals surface area contributed by atoms with E-state index in [-0.39, 0.29) is 22.2 Å². The number of aryl methyl sites for hydroxylation is 2. The van der Waals surface area contributed by atoms with Crippen molar-refractivity contribution in [3.8, 4) is 5.75 Å². The maximum Gasteiger partial charge on any atom is 0.344 e. The monoisotopic (exact) mass is 454 g/mol. The molecular weight excluding hydrogens is 432 g/mol. The van der Waals surface area contributed by atoms with E-state index in [1.807, 2.05) is 26.0 Å². The Balaban J connectivity index is 1.92. The molecule has 0 aromatic heterocycles. The smallest absolute Gasteiger partial charge is 0.344 e. The summed E-state index contributed by atoms with van der Waals surface area (Å²) in [6.45, 7) is 2.88. The lowest BCUT2D eigenvalue weighted by molar-refractivity contribution is -0.149. The first kappa shape index (κ1) is 23.7. The highest BCUT2D eigenvalue weighted by Crippen LogP contribution is 2.26. The standard InChI is InChI=1S/C20H23ClN2O6S/c1-13-5-8-18(14(2)9-13)28-12-20(25)29-11-19(24)22-17-10-15(6-7-16(17)21)30(26,27)23(3)4/h5-10H,11-12H2,1-4H3,(H,22,24). The number of amides is 1. The van der Waals surface area contributed by atoms with Gasteiger partial charge in [-0.3, -0.25) is 4.79 Å². The number of rotatable bonds is 8. The first-order chi connectivity index (χ1) is 14.0. The van der Waals surface area contributed by atoms with Crippen LogP contribution in [0.5, 0.6) is 5.75 Å². The number of sulfonamides is 1. The van der Waals surface area contributed by atoms with Crippen molar-refractivity contribution in [2.45, 2.75) is 18.7 Å². The summed E-state index contributed by atoms with van der Waals surface area (Å²) in [6.07, 6.45) is 0. The van der Waals surface area contributed by atoms with Crippen molar-refractivity contribution in [1.82, 2.24) is 4.31 Å². The molecule has 0 saturated carbocycles. The Morgan fingerprint density at radius 3 is 2.40 bits per heavy atom. The van der Waals surface area contributed by atoms with Gasteiger partial charge in [-0.05, 0) is 43.7 Å². The van der Waals surface area contributed by atoms with Gasteiger partial charge >= 0.3 is 5.97 Å². The molecule has 0 unspecified atom stereocenters. The van der Waals surface area contributed by atoms with Crippen molar-refractivity contribution < 1.29 is 27.5 Å². The average molecular weight is 455 g/mol. The fraction of sp³-hybridized carbons (Fsp3) is 0.300. The van der Waals surface area contributed by atoms with Crippen molar-refractivity contribution in [3.63, 3.8) is 0 Å². The molecule has 2 aromatic carbocycles.